The zero-order valence-electron chi connectivity index (χ0n) is 9.75. The van der Waals surface area contributed by atoms with Crippen LogP contribution in [0.3, 0.4) is 0 Å². The molecular formula is C12H6N4O3. The van der Waals surface area contributed by atoms with E-state index in [0.717, 1.165) is 0 Å². The lowest BCUT2D eigenvalue weighted by molar-refractivity contribution is -0.384. The molecule has 19 heavy (non-hydrogen) atoms. The van der Waals surface area contributed by atoms with Crippen molar-refractivity contribution < 1.29 is 9.72 Å². The number of allylic oxidation sites excluding steroid dienone is 1. The van der Waals surface area contributed by atoms with E-state index in [9.17, 15) is 14.9 Å². The lowest BCUT2D eigenvalue weighted by atomic mass is 10.0. The maximum absolute atomic E-state index is 12.0. The zero-order valence-corrected chi connectivity index (χ0v) is 9.75. The molecule has 1 amide bonds. The minimum Gasteiger partial charge on any atom is -0.311 e. The van der Waals surface area contributed by atoms with Gasteiger partial charge < -0.3 is 4.90 Å². The Morgan fingerprint density at radius 1 is 1.37 bits per heavy atom. The highest BCUT2D eigenvalue weighted by atomic mass is 16.6. The van der Waals surface area contributed by atoms with Crippen molar-refractivity contribution in [3.63, 3.8) is 0 Å². The molecule has 1 aliphatic heterocycles. The van der Waals surface area contributed by atoms with Gasteiger partial charge in [0.1, 0.15) is 17.7 Å². The molecule has 92 valence electrons. The number of benzene rings is 1. The Kier molecular flexibility index (Phi) is 2.74. The number of hydrogen-bond donors (Lipinski definition) is 0. The van der Waals surface area contributed by atoms with Crippen LogP contribution >= 0.6 is 0 Å². The number of nitro groups is 1. The van der Waals surface area contributed by atoms with Gasteiger partial charge in [0.05, 0.1) is 16.2 Å². The molecule has 2 rings (SSSR count). The number of fused-ring (bicyclic) bond motifs is 1. The van der Waals surface area contributed by atoms with E-state index >= 15 is 0 Å². The fourth-order valence-corrected chi connectivity index (χ4v) is 1.90. The van der Waals surface area contributed by atoms with E-state index in [2.05, 4.69) is 0 Å². The number of nitro benzene ring substituents is 1. The van der Waals surface area contributed by atoms with Crippen LogP contribution in [-0.4, -0.2) is 17.9 Å². The Balaban J connectivity index is 2.79. The normalized spacial score (nSPS) is 12.7. The van der Waals surface area contributed by atoms with Gasteiger partial charge in [0.2, 0.25) is 0 Å². The first-order valence-corrected chi connectivity index (χ1v) is 5.12. The largest absolute Gasteiger partial charge is 0.311 e. The quantitative estimate of drug-likeness (QED) is 0.325. The van der Waals surface area contributed by atoms with Gasteiger partial charge in [0.15, 0.2) is 0 Å². The first kappa shape index (κ1) is 12.3. The van der Waals surface area contributed by atoms with Crippen LogP contribution in [0.5, 0.6) is 0 Å². The molecular weight excluding hydrogens is 248 g/mol. The van der Waals surface area contributed by atoms with E-state index in [1.807, 2.05) is 0 Å². The van der Waals surface area contributed by atoms with E-state index in [4.69, 9.17) is 10.5 Å². The second-order valence-electron chi connectivity index (χ2n) is 3.80. The van der Waals surface area contributed by atoms with Crippen LogP contribution < -0.4 is 4.90 Å². The van der Waals surface area contributed by atoms with Crippen LogP contribution in [0.4, 0.5) is 11.4 Å². The third kappa shape index (κ3) is 1.70. The predicted molar refractivity (Wildman–Crippen MR) is 64.7 cm³/mol. The lowest BCUT2D eigenvalue weighted by Crippen LogP contribution is -2.20. The van der Waals surface area contributed by atoms with Crippen LogP contribution in [0.2, 0.25) is 0 Å². The van der Waals surface area contributed by atoms with Crippen molar-refractivity contribution in [2.24, 2.45) is 0 Å². The molecule has 1 aliphatic rings. The number of non-ortho nitro benzene ring substituents is 1. The first-order valence-electron chi connectivity index (χ1n) is 5.12. The molecule has 0 aromatic heterocycles. The molecule has 0 saturated carbocycles. The van der Waals surface area contributed by atoms with Gasteiger partial charge >= 0.3 is 0 Å². The Morgan fingerprint density at radius 3 is 2.53 bits per heavy atom. The molecule has 1 heterocycles. The van der Waals surface area contributed by atoms with Crippen molar-refractivity contribution in [2.45, 2.75) is 0 Å². The smallest absolute Gasteiger partial charge is 0.270 e. The summed E-state index contributed by atoms with van der Waals surface area (Å²) in [7, 11) is 1.48. The average molecular weight is 254 g/mol. The monoisotopic (exact) mass is 254 g/mol. The number of amides is 1. The van der Waals surface area contributed by atoms with Gasteiger partial charge in [-0.25, -0.2) is 0 Å². The molecule has 1 aromatic carbocycles. The summed E-state index contributed by atoms with van der Waals surface area (Å²) < 4.78 is 0. The van der Waals surface area contributed by atoms with Gasteiger partial charge in [-0.1, -0.05) is 0 Å². The van der Waals surface area contributed by atoms with Crippen molar-refractivity contribution in [3.8, 4) is 12.1 Å². The molecule has 0 bridgehead atoms. The Hall–Kier alpha value is -3.19. The summed E-state index contributed by atoms with van der Waals surface area (Å²) in [5.74, 6) is -0.520. The zero-order chi connectivity index (χ0) is 14.2. The summed E-state index contributed by atoms with van der Waals surface area (Å²) in [6, 6.07) is 7.16. The Morgan fingerprint density at radius 2 is 2.00 bits per heavy atom. The first-order chi connectivity index (χ1) is 9.01. The fourth-order valence-electron chi connectivity index (χ4n) is 1.90. The van der Waals surface area contributed by atoms with E-state index in [1.54, 1.807) is 12.1 Å². The molecule has 0 aliphatic carbocycles. The number of likely N-dealkylation sites (N-methyl/N-ethyl adjacent to an activating group) is 1. The van der Waals surface area contributed by atoms with Crippen LogP contribution in [0.25, 0.3) is 5.57 Å². The SMILES string of the molecule is CN1C(=O)C(=C(C#N)C#N)c2cc([N+](=O)[O-])ccc21. The second kappa shape index (κ2) is 4.24. The minimum atomic E-state index is -0.598. The number of hydrogen-bond acceptors (Lipinski definition) is 5. The number of carbonyl (C=O) groups excluding carboxylic acids is 1. The molecule has 0 spiro atoms. The van der Waals surface area contributed by atoms with E-state index in [-0.39, 0.29) is 22.4 Å². The van der Waals surface area contributed by atoms with Gasteiger partial charge in [-0.2, -0.15) is 10.5 Å². The molecule has 0 unspecified atom stereocenters. The van der Waals surface area contributed by atoms with E-state index < -0.39 is 10.8 Å². The Labute approximate surface area is 107 Å². The molecule has 0 atom stereocenters. The third-order valence-corrected chi connectivity index (χ3v) is 2.81. The number of nitriles is 2. The van der Waals surface area contributed by atoms with Crippen molar-refractivity contribution in [1.82, 2.24) is 0 Å². The molecule has 7 nitrogen and oxygen atoms in total. The molecule has 7 heteroatoms. The van der Waals surface area contributed by atoms with Gasteiger partial charge in [0.25, 0.3) is 11.6 Å². The highest BCUT2D eigenvalue weighted by Gasteiger charge is 2.34. The molecule has 0 radical (unpaired) electrons. The average Bonchev–Trinajstić information content (AvgIpc) is 2.65. The summed E-state index contributed by atoms with van der Waals surface area (Å²) in [6.07, 6.45) is 0. The highest BCUT2D eigenvalue weighted by molar-refractivity contribution is 6.34. The maximum Gasteiger partial charge on any atom is 0.270 e. The van der Waals surface area contributed by atoms with Crippen molar-refractivity contribution in [3.05, 3.63) is 39.4 Å². The highest BCUT2D eigenvalue weighted by Crippen LogP contribution is 2.39. The van der Waals surface area contributed by atoms with Crippen molar-refractivity contribution in [1.29, 1.82) is 10.5 Å². The van der Waals surface area contributed by atoms with Gasteiger partial charge in [-0.3, -0.25) is 14.9 Å². The fraction of sp³-hybridized carbons (Fsp3) is 0.0833. The number of carbonyl (C=O) groups is 1. The number of nitrogens with zero attached hydrogens (tertiary/aromatic N) is 4. The summed E-state index contributed by atoms with van der Waals surface area (Å²) >= 11 is 0. The van der Waals surface area contributed by atoms with Crippen LogP contribution in [0.15, 0.2) is 23.8 Å². The standard InChI is InChI=1S/C12H6N4O3/c1-15-10-3-2-8(16(18)19)4-9(10)11(12(15)17)7(5-13)6-14/h2-4H,1H3. The van der Waals surface area contributed by atoms with Crippen LogP contribution in [-0.2, 0) is 4.79 Å². The van der Waals surface area contributed by atoms with E-state index in [1.165, 1.54) is 30.1 Å². The van der Waals surface area contributed by atoms with Crippen LogP contribution in [0.1, 0.15) is 5.56 Å². The van der Waals surface area contributed by atoms with Crippen molar-refractivity contribution in [2.75, 3.05) is 11.9 Å². The molecule has 0 fully saturated rings. The topological polar surface area (TPSA) is 111 Å². The second-order valence-corrected chi connectivity index (χ2v) is 3.80. The summed E-state index contributed by atoms with van der Waals surface area (Å²) in [6.45, 7) is 0. The summed E-state index contributed by atoms with van der Waals surface area (Å²) in [4.78, 5) is 23.4. The molecule has 1 aromatic rings. The maximum atomic E-state index is 12.0. The summed E-state index contributed by atoms with van der Waals surface area (Å²) in [5.41, 5.74) is 0.0327. The van der Waals surface area contributed by atoms with Gasteiger partial charge in [-0.05, 0) is 6.07 Å². The lowest BCUT2D eigenvalue weighted by Gasteiger charge is -2.08. The molecule has 0 saturated heterocycles. The van der Waals surface area contributed by atoms with E-state index in [0.29, 0.717) is 5.69 Å². The van der Waals surface area contributed by atoms with Crippen LogP contribution in [0, 0.1) is 32.8 Å². The minimum absolute atomic E-state index is 0.0915. The van der Waals surface area contributed by atoms with Gasteiger partial charge in [-0.15, -0.1) is 0 Å². The summed E-state index contributed by atoms with van der Waals surface area (Å²) in [5, 5.41) is 28.5. The Bertz CT molecular complexity index is 705. The van der Waals surface area contributed by atoms with Gasteiger partial charge in [0, 0.05) is 24.7 Å². The number of anilines is 1. The molecule has 0 N–H and O–H groups in total. The van der Waals surface area contributed by atoms with Crippen molar-refractivity contribution >= 4 is 22.9 Å². The predicted octanol–water partition coefficient (Wildman–Crippen LogP) is 1.37. The number of rotatable bonds is 1. The third-order valence-electron chi connectivity index (χ3n) is 2.81.